The van der Waals surface area contributed by atoms with Gasteiger partial charge in [-0.15, -0.1) is 0 Å². The minimum atomic E-state index is -1.70. The van der Waals surface area contributed by atoms with E-state index in [4.69, 9.17) is 0 Å². The average molecular weight is 1460 g/mol. The van der Waals surface area contributed by atoms with Gasteiger partial charge in [0.2, 0.25) is 70.9 Å². The van der Waals surface area contributed by atoms with Gasteiger partial charge in [-0.05, 0) is 106 Å². The second-order valence-corrected chi connectivity index (χ2v) is 31.2. The van der Waals surface area contributed by atoms with Crippen molar-refractivity contribution in [2.24, 2.45) is 29.6 Å². The Hall–Kier alpha value is -8.75. The summed E-state index contributed by atoms with van der Waals surface area (Å²) in [4.78, 5) is 199. The summed E-state index contributed by atoms with van der Waals surface area (Å²) in [5.41, 5.74) is 1.73. The van der Waals surface area contributed by atoms with Crippen LogP contribution in [0.4, 0.5) is 0 Å². The second-order valence-electron chi connectivity index (χ2n) is 31.2. The first kappa shape index (κ1) is 86.9. The molecule has 105 heavy (non-hydrogen) atoms. The van der Waals surface area contributed by atoms with Crippen molar-refractivity contribution in [1.82, 2.24) is 70.4 Å². The fraction of sp³-hybridized carbons (Fsp3) is 0.654. The molecule has 2 aromatic carbocycles. The highest BCUT2D eigenvalue weighted by Gasteiger charge is 2.44. The first-order chi connectivity index (χ1) is 49.3. The highest BCUT2D eigenvalue weighted by atomic mass is 16.3. The third-order valence-electron chi connectivity index (χ3n) is 20.2. The fourth-order valence-corrected chi connectivity index (χ4v) is 13.8. The molecular formula is C78H122N14O13. The number of piperidine rings is 1. The van der Waals surface area contributed by atoms with Crippen molar-refractivity contribution in [3.05, 3.63) is 90.0 Å². The monoisotopic (exact) mass is 1460 g/mol. The van der Waals surface area contributed by atoms with E-state index in [9.17, 15) is 24.3 Å². The minimum Gasteiger partial charge on any atom is -0.391 e. The highest BCUT2D eigenvalue weighted by molar-refractivity contribution is 6.00. The Morgan fingerprint density at radius 2 is 0.867 bits per heavy atom. The van der Waals surface area contributed by atoms with E-state index in [0.717, 1.165) is 11.3 Å². The minimum absolute atomic E-state index is 0.0262. The van der Waals surface area contributed by atoms with E-state index >= 15 is 38.4 Å². The first-order valence-corrected chi connectivity index (χ1v) is 37.4. The van der Waals surface area contributed by atoms with E-state index in [1.165, 1.54) is 105 Å². The summed E-state index contributed by atoms with van der Waals surface area (Å²) in [6.45, 7) is 22.2. The molecule has 0 aliphatic carbocycles. The molecule has 3 aromatic rings. The Bertz CT molecular complexity index is 3380. The van der Waals surface area contributed by atoms with Gasteiger partial charge in [-0.3, -0.25) is 57.5 Å². The van der Waals surface area contributed by atoms with Crippen molar-refractivity contribution in [3.8, 4) is 0 Å². The summed E-state index contributed by atoms with van der Waals surface area (Å²) in [7, 11) is 9.97. The molecule has 0 saturated carbocycles. The molecule has 5 rings (SSSR count). The molecule has 27 heteroatoms. The number of aliphatic hydroxyl groups is 1. The number of imidazole rings is 1. The number of carbonyl (C=O) groups excluding carboxylic acids is 12. The van der Waals surface area contributed by atoms with Crippen LogP contribution in [0.25, 0.3) is 0 Å². The number of carbonyl (C=O) groups is 12. The van der Waals surface area contributed by atoms with Gasteiger partial charge >= 0.3 is 0 Å². The van der Waals surface area contributed by atoms with Gasteiger partial charge in [-0.2, -0.15) is 0 Å². The quantitative estimate of drug-likeness (QED) is 0.101. The van der Waals surface area contributed by atoms with Crippen LogP contribution in [-0.4, -0.2) is 260 Å². The molecule has 0 bridgehead atoms. The first-order valence-electron chi connectivity index (χ1n) is 37.4. The standard InChI is InChI=1S/C78H122N14O13/c1-47(2)35-56-43-66(94)87(15)64(39-51(9)10)76(103)90(18)63(40-54-29-23-20-24-30-54)71(98)82-58(42-57-45-79-46-80-57)74(101)91(19)65(41-55-31-25-21-26-32-55)77(104)89(17)62(38-50(7)8)72(99)84-68(53(12)93)78(105)85(13)52(11)73(100)88(16)61(37-49(5)6)70(97)83-59(75(102)92-33-27-22-28-34-92)44-67(95)86(14)60(36-48(3)4)69(96)81-56/h20-21,23-26,29-32,45-53,56,58-65,68,93H,22,27-28,33-44H2,1-19H3,(H,79,80)(H,81,96)(H,82,98)(H,83,97)(H,84,99)/t52-,53+,56-,58-,59-,60-,61-,62-,63-,64-,65-,68-/m0/s1. The molecule has 0 radical (unpaired) electrons. The van der Waals surface area contributed by atoms with Crippen LogP contribution in [0.3, 0.4) is 0 Å². The third-order valence-corrected chi connectivity index (χ3v) is 20.2. The molecule has 2 fully saturated rings. The van der Waals surface area contributed by atoms with Gasteiger partial charge in [0.25, 0.3) is 0 Å². The number of rotatable bonds is 18. The average Bonchev–Trinajstić information content (AvgIpc) is 1.30. The van der Waals surface area contributed by atoms with Gasteiger partial charge in [-0.1, -0.05) is 130 Å². The van der Waals surface area contributed by atoms with Crippen molar-refractivity contribution in [2.45, 2.75) is 239 Å². The zero-order valence-corrected chi connectivity index (χ0v) is 65.7. The Kier molecular flexibility index (Phi) is 33.6. The lowest BCUT2D eigenvalue weighted by Crippen LogP contribution is -2.62. The number of hydrogen-bond acceptors (Lipinski definition) is 14. The highest BCUT2D eigenvalue weighted by Crippen LogP contribution is 2.25. The van der Waals surface area contributed by atoms with E-state index in [1.54, 1.807) is 65.6 Å². The molecule has 12 amide bonds. The third kappa shape index (κ3) is 24.9. The summed E-state index contributed by atoms with van der Waals surface area (Å²) in [6, 6.07) is 3.53. The molecule has 12 atom stereocenters. The van der Waals surface area contributed by atoms with Crippen LogP contribution in [0.15, 0.2) is 73.2 Å². The van der Waals surface area contributed by atoms with Crippen LogP contribution in [0.1, 0.15) is 164 Å². The molecule has 2 saturated heterocycles. The van der Waals surface area contributed by atoms with Crippen LogP contribution in [0.5, 0.6) is 0 Å². The summed E-state index contributed by atoms with van der Waals surface area (Å²) < 4.78 is 0. The van der Waals surface area contributed by atoms with Gasteiger partial charge in [0.05, 0.1) is 18.9 Å². The predicted octanol–water partition coefficient (Wildman–Crippen LogP) is 4.60. The van der Waals surface area contributed by atoms with E-state index in [-0.39, 0.29) is 81.0 Å². The topological polar surface area (TPSA) is 328 Å². The van der Waals surface area contributed by atoms with Crippen molar-refractivity contribution in [2.75, 3.05) is 62.4 Å². The molecular weight excluding hydrogens is 1340 g/mol. The van der Waals surface area contributed by atoms with Crippen molar-refractivity contribution in [1.29, 1.82) is 0 Å². The summed E-state index contributed by atoms with van der Waals surface area (Å²) in [5.74, 6) is -9.13. The van der Waals surface area contributed by atoms with Crippen molar-refractivity contribution >= 4 is 70.9 Å². The summed E-state index contributed by atoms with van der Waals surface area (Å²) >= 11 is 0. The van der Waals surface area contributed by atoms with E-state index in [1.807, 2.05) is 69.2 Å². The zero-order valence-electron chi connectivity index (χ0n) is 65.7. The smallest absolute Gasteiger partial charge is 0.248 e. The van der Waals surface area contributed by atoms with Crippen LogP contribution in [-0.2, 0) is 76.8 Å². The van der Waals surface area contributed by atoms with E-state index in [2.05, 4.69) is 31.2 Å². The molecule has 582 valence electrons. The SMILES string of the molecule is CC(C)C[C@H]1CC(=O)N(C)[C@@H](CC(C)C)C(=O)N(C)[C@@H](Cc2ccccc2)C(=O)N[C@@H](Cc2cnc[nH]2)C(=O)N(C)[C@@H](Cc2ccccc2)C(=O)N(C)[C@@H](CC(C)C)C(=O)N[C@@H]([C@@H](C)O)C(=O)N(C)[C@@H](C)C(=O)N(C)[C@@H](CC(C)C)C(=O)N[C@H](C(=O)N2CCCCC2)CC(=O)N(C)[C@@H](CC(C)C)C(=O)N1. The van der Waals surface area contributed by atoms with Crippen molar-refractivity contribution in [3.63, 3.8) is 0 Å². The van der Waals surface area contributed by atoms with Crippen LogP contribution < -0.4 is 21.3 Å². The Morgan fingerprint density at radius 1 is 0.448 bits per heavy atom. The lowest BCUT2D eigenvalue weighted by Gasteiger charge is -2.38. The van der Waals surface area contributed by atoms with Gasteiger partial charge in [0.15, 0.2) is 0 Å². The molecule has 0 spiro atoms. The Morgan fingerprint density at radius 3 is 1.36 bits per heavy atom. The number of benzene rings is 2. The lowest BCUT2D eigenvalue weighted by molar-refractivity contribution is -0.152. The van der Waals surface area contributed by atoms with Gasteiger partial charge in [0.1, 0.15) is 60.4 Å². The number of likely N-dealkylation sites (N-methyl/N-ethyl adjacent to an activating group) is 7. The van der Waals surface area contributed by atoms with E-state index in [0.29, 0.717) is 49.2 Å². The molecule has 3 heterocycles. The maximum atomic E-state index is 15.7. The normalized spacial score (nSPS) is 25.3. The number of H-pyrrole nitrogens is 1. The summed E-state index contributed by atoms with van der Waals surface area (Å²) in [6.07, 6.45) is 3.12. The van der Waals surface area contributed by atoms with Gasteiger partial charge in [-0.25, -0.2) is 4.98 Å². The number of hydrogen-bond donors (Lipinski definition) is 6. The number of aromatic amines is 1. The van der Waals surface area contributed by atoms with Crippen LogP contribution in [0, 0.1) is 29.6 Å². The largest absolute Gasteiger partial charge is 0.391 e. The summed E-state index contributed by atoms with van der Waals surface area (Å²) in [5, 5.41) is 23.0. The van der Waals surface area contributed by atoms with Gasteiger partial charge in [0, 0.05) is 106 Å². The number of nitrogens with one attached hydrogen (secondary N) is 5. The van der Waals surface area contributed by atoms with E-state index < -0.39 is 150 Å². The number of aliphatic hydroxyl groups excluding tert-OH is 1. The van der Waals surface area contributed by atoms with Crippen LogP contribution >= 0.6 is 0 Å². The lowest BCUT2D eigenvalue weighted by atomic mass is 9.96. The Balaban J connectivity index is 1.72. The molecule has 2 aliphatic rings. The predicted molar refractivity (Wildman–Crippen MR) is 401 cm³/mol. The Labute approximate surface area is 622 Å². The zero-order chi connectivity index (χ0) is 78.4. The number of likely N-dealkylation sites (tertiary alicyclic amines) is 1. The maximum absolute atomic E-state index is 15.7. The van der Waals surface area contributed by atoms with Gasteiger partial charge < -0.3 is 70.6 Å². The molecule has 0 unspecified atom stereocenters. The number of aromatic nitrogens is 2. The molecule has 6 N–H and O–H groups in total. The fourth-order valence-electron chi connectivity index (χ4n) is 13.8. The molecule has 2 aliphatic heterocycles. The number of amides is 12. The molecule has 1 aromatic heterocycles. The van der Waals surface area contributed by atoms with Crippen molar-refractivity contribution < 1.29 is 62.6 Å². The molecule has 27 nitrogen and oxygen atoms in total. The number of nitrogens with zero attached hydrogens (tertiary/aromatic N) is 9. The maximum Gasteiger partial charge on any atom is 0.248 e. The van der Waals surface area contributed by atoms with Crippen LogP contribution in [0.2, 0.25) is 0 Å². The second kappa shape index (κ2) is 40.7.